The number of piperidine rings is 1. The number of hydrogen-bond donors (Lipinski definition) is 1. The van der Waals surface area contributed by atoms with Crippen molar-refractivity contribution in [1.29, 1.82) is 0 Å². The summed E-state index contributed by atoms with van der Waals surface area (Å²) in [5, 5.41) is 11.3. The number of rotatable bonds is 4. The summed E-state index contributed by atoms with van der Waals surface area (Å²) in [7, 11) is 0. The second kappa shape index (κ2) is 7.62. The van der Waals surface area contributed by atoms with Gasteiger partial charge in [-0.3, -0.25) is 9.69 Å². The zero-order chi connectivity index (χ0) is 18.7. The van der Waals surface area contributed by atoms with Crippen molar-refractivity contribution in [2.45, 2.75) is 63.1 Å². The average molecular weight is 357 g/mol. The first-order valence-corrected chi connectivity index (χ1v) is 9.45. The molecular weight excluding hydrogens is 330 g/mol. The second-order valence-electron chi connectivity index (χ2n) is 7.27. The molecule has 26 heavy (non-hydrogen) atoms. The summed E-state index contributed by atoms with van der Waals surface area (Å²) in [4.78, 5) is 27.5. The Morgan fingerprint density at radius 2 is 2.12 bits per heavy atom. The number of likely N-dealkylation sites (tertiary alicyclic amines) is 1. The predicted molar refractivity (Wildman–Crippen MR) is 98.9 cm³/mol. The van der Waals surface area contributed by atoms with Crippen molar-refractivity contribution in [2.75, 3.05) is 0 Å². The standard InChI is InChI=1S/C21H27NO4/c1-3-9-16-14-19(23)21(25)15(4-2)10-8-13-18(21)22(16)20(24)26-17-11-6-5-7-12-17/h4-7,11-12,15-16,18,25H,2-3,8-10,13-14H2,1H3. The van der Waals surface area contributed by atoms with Crippen LogP contribution in [0.25, 0.3) is 0 Å². The number of nitrogens with zero attached hydrogens (tertiary/aromatic N) is 1. The third-order valence-corrected chi connectivity index (χ3v) is 5.73. The molecule has 0 spiro atoms. The predicted octanol–water partition coefficient (Wildman–Crippen LogP) is 3.71. The first kappa shape index (κ1) is 18.6. The van der Waals surface area contributed by atoms with Crippen LogP contribution in [0.15, 0.2) is 43.0 Å². The van der Waals surface area contributed by atoms with Crippen molar-refractivity contribution in [3.05, 3.63) is 43.0 Å². The van der Waals surface area contributed by atoms with Crippen LogP contribution in [0.3, 0.4) is 0 Å². The van der Waals surface area contributed by atoms with Crippen LogP contribution < -0.4 is 4.74 Å². The zero-order valence-corrected chi connectivity index (χ0v) is 15.3. The average Bonchev–Trinajstić information content (AvgIpc) is 2.63. The lowest BCUT2D eigenvalue weighted by molar-refractivity contribution is -0.167. The van der Waals surface area contributed by atoms with Crippen LogP contribution in [0.5, 0.6) is 5.75 Å². The topological polar surface area (TPSA) is 66.8 Å². The van der Waals surface area contributed by atoms with E-state index in [4.69, 9.17) is 4.74 Å². The first-order valence-electron chi connectivity index (χ1n) is 9.45. The molecule has 0 aromatic heterocycles. The summed E-state index contributed by atoms with van der Waals surface area (Å²) in [6.45, 7) is 5.83. The Balaban J connectivity index is 1.93. The minimum atomic E-state index is -1.56. The molecule has 2 fully saturated rings. The maximum Gasteiger partial charge on any atom is 0.415 e. The molecule has 3 rings (SSSR count). The van der Waals surface area contributed by atoms with E-state index in [9.17, 15) is 14.7 Å². The van der Waals surface area contributed by atoms with Gasteiger partial charge < -0.3 is 9.84 Å². The van der Waals surface area contributed by atoms with Gasteiger partial charge in [0.05, 0.1) is 6.04 Å². The molecule has 4 atom stereocenters. The Kier molecular flexibility index (Phi) is 5.47. The molecule has 0 bridgehead atoms. The van der Waals surface area contributed by atoms with Crippen molar-refractivity contribution in [3.63, 3.8) is 0 Å². The fraction of sp³-hybridized carbons (Fsp3) is 0.524. The summed E-state index contributed by atoms with van der Waals surface area (Å²) >= 11 is 0. The van der Waals surface area contributed by atoms with Gasteiger partial charge >= 0.3 is 6.09 Å². The minimum Gasteiger partial charge on any atom is -0.410 e. The van der Waals surface area contributed by atoms with Gasteiger partial charge in [0.2, 0.25) is 0 Å². The number of Topliss-reactive ketones (excluding diaryl/α,β-unsaturated/α-hetero) is 1. The van der Waals surface area contributed by atoms with Crippen LogP contribution >= 0.6 is 0 Å². The van der Waals surface area contributed by atoms with Gasteiger partial charge in [-0.1, -0.05) is 44.0 Å². The van der Waals surface area contributed by atoms with Gasteiger partial charge in [0.1, 0.15) is 11.4 Å². The van der Waals surface area contributed by atoms with Gasteiger partial charge in [-0.25, -0.2) is 4.79 Å². The van der Waals surface area contributed by atoms with Gasteiger partial charge in [0.25, 0.3) is 0 Å². The number of aliphatic hydroxyl groups is 1. The number of hydrogen-bond acceptors (Lipinski definition) is 4. The van der Waals surface area contributed by atoms with Gasteiger partial charge in [0, 0.05) is 18.4 Å². The highest BCUT2D eigenvalue weighted by Crippen LogP contribution is 2.44. The Morgan fingerprint density at radius 1 is 1.38 bits per heavy atom. The molecule has 1 amide bonds. The van der Waals surface area contributed by atoms with Crippen LogP contribution in [0.2, 0.25) is 0 Å². The summed E-state index contributed by atoms with van der Waals surface area (Å²) in [5.74, 6) is -0.0399. The number of carbonyl (C=O) groups is 2. The van der Waals surface area contributed by atoms with E-state index in [0.717, 1.165) is 12.8 Å². The molecule has 1 aliphatic carbocycles. The van der Waals surface area contributed by atoms with Crippen molar-refractivity contribution in [3.8, 4) is 5.75 Å². The maximum atomic E-state index is 13.0. The monoisotopic (exact) mass is 357 g/mol. The summed E-state index contributed by atoms with van der Waals surface area (Å²) < 4.78 is 5.57. The Morgan fingerprint density at radius 3 is 2.77 bits per heavy atom. The number of benzene rings is 1. The lowest BCUT2D eigenvalue weighted by Crippen LogP contribution is -2.70. The fourth-order valence-electron chi connectivity index (χ4n) is 4.48. The van der Waals surface area contributed by atoms with Crippen LogP contribution in [0.4, 0.5) is 4.79 Å². The smallest absolute Gasteiger partial charge is 0.410 e. The quantitative estimate of drug-likeness (QED) is 0.834. The number of ether oxygens (including phenoxy) is 1. The molecule has 2 aliphatic rings. The molecule has 0 radical (unpaired) electrons. The molecule has 5 heteroatoms. The van der Waals surface area contributed by atoms with Crippen molar-refractivity contribution in [1.82, 2.24) is 4.90 Å². The van der Waals surface area contributed by atoms with Crippen molar-refractivity contribution >= 4 is 11.9 Å². The van der Waals surface area contributed by atoms with E-state index in [0.29, 0.717) is 25.0 Å². The molecule has 1 N–H and O–H groups in total. The SMILES string of the molecule is C=CC1CCCC2N(C(=O)Oc3ccccc3)C(CCC)CC(=O)C12O. The van der Waals surface area contributed by atoms with Gasteiger partial charge in [0.15, 0.2) is 5.78 Å². The summed E-state index contributed by atoms with van der Waals surface area (Å²) in [6.07, 6.45) is 5.03. The molecule has 1 aromatic carbocycles. The van der Waals surface area contributed by atoms with Crippen LogP contribution in [-0.4, -0.2) is 39.6 Å². The minimum absolute atomic E-state index is 0.162. The third-order valence-electron chi connectivity index (χ3n) is 5.73. The normalized spacial score (nSPS) is 31.2. The Bertz CT molecular complexity index is 674. The van der Waals surface area contributed by atoms with Crippen LogP contribution in [0.1, 0.15) is 45.4 Å². The number of carbonyl (C=O) groups excluding carboxylic acids is 2. The highest BCUT2D eigenvalue weighted by atomic mass is 16.6. The molecule has 1 saturated carbocycles. The molecular formula is C21H27NO4. The molecule has 1 saturated heterocycles. The Labute approximate surface area is 154 Å². The second-order valence-corrected chi connectivity index (χ2v) is 7.27. The van der Waals surface area contributed by atoms with Crippen molar-refractivity contribution < 1.29 is 19.4 Å². The van der Waals surface area contributed by atoms with Gasteiger partial charge in [-0.15, -0.1) is 6.58 Å². The molecule has 1 aromatic rings. The van der Waals surface area contributed by atoms with E-state index in [1.807, 2.05) is 13.0 Å². The van der Waals surface area contributed by atoms with E-state index in [1.165, 1.54) is 0 Å². The summed E-state index contributed by atoms with van der Waals surface area (Å²) in [6, 6.07) is 8.10. The number of fused-ring (bicyclic) bond motifs is 1. The lowest BCUT2D eigenvalue weighted by atomic mass is 9.65. The Hall–Kier alpha value is -2.14. The number of amides is 1. The zero-order valence-electron chi connectivity index (χ0n) is 15.3. The lowest BCUT2D eigenvalue weighted by Gasteiger charge is -2.53. The van der Waals surface area contributed by atoms with E-state index in [-0.39, 0.29) is 24.2 Å². The van der Waals surface area contributed by atoms with Gasteiger partial charge in [-0.2, -0.15) is 0 Å². The largest absolute Gasteiger partial charge is 0.415 e. The summed E-state index contributed by atoms with van der Waals surface area (Å²) in [5.41, 5.74) is -1.56. The van der Waals surface area contributed by atoms with Crippen molar-refractivity contribution in [2.24, 2.45) is 5.92 Å². The van der Waals surface area contributed by atoms with E-state index in [1.54, 1.807) is 35.2 Å². The number of para-hydroxylation sites is 1. The van der Waals surface area contributed by atoms with E-state index < -0.39 is 17.7 Å². The van der Waals surface area contributed by atoms with Gasteiger partial charge in [-0.05, 0) is 31.4 Å². The molecule has 4 unspecified atom stereocenters. The molecule has 1 heterocycles. The molecule has 140 valence electrons. The number of ketones is 1. The van der Waals surface area contributed by atoms with E-state index >= 15 is 0 Å². The highest BCUT2D eigenvalue weighted by Gasteiger charge is 2.58. The van der Waals surface area contributed by atoms with E-state index in [2.05, 4.69) is 6.58 Å². The van der Waals surface area contributed by atoms with Crippen LogP contribution in [0, 0.1) is 5.92 Å². The molecule has 1 aliphatic heterocycles. The molecule has 5 nitrogen and oxygen atoms in total. The highest BCUT2D eigenvalue weighted by molar-refractivity contribution is 5.92. The van der Waals surface area contributed by atoms with Crippen LogP contribution in [-0.2, 0) is 4.79 Å². The third kappa shape index (κ3) is 3.16. The fourth-order valence-corrected chi connectivity index (χ4v) is 4.48. The first-order chi connectivity index (χ1) is 12.5. The maximum absolute atomic E-state index is 13.0.